The lowest BCUT2D eigenvalue weighted by molar-refractivity contribution is 0.413. The molecular weight excluding hydrogens is 277 g/mol. The van der Waals surface area contributed by atoms with Crippen LogP contribution in [0.4, 0.5) is 5.69 Å². The Morgan fingerprint density at radius 3 is 2.41 bits per heavy atom. The summed E-state index contributed by atoms with van der Waals surface area (Å²) >= 11 is 17.2. The molecule has 1 rings (SSSR count). The van der Waals surface area contributed by atoms with E-state index in [-0.39, 0.29) is 0 Å². The Morgan fingerprint density at radius 2 is 1.88 bits per heavy atom. The Balaban J connectivity index is 2.51. The molecule has 0 spiro atoms. The first-order chi connectivity index (χ1) is 8.00. The van der Waals surface area contributed by atoms with Crippen LogP contribution in [0.5, 0.6) is 0 Å². The molecule has 0 saturated heterocycles. The zero-order chi connectivity index (χ0) is 12.8. The summed E-state index contributed by atoms with van der Waals surface area (Å²) in [5.41, 5.74) is 0.637. The molecule has 0 saturated carbocycles. The molecule has 0 aromatic heterocycles. The number of thiocarbonyl (C=S) groups is 1. The SMILES string of the molecule is CN(C)CCNC(=S)Nc1c(Cl)cccc1Cl. The predicted octanol–water partition coefficient (Wildman–Crippen LogP) is 2.84. The summed E-state index contributed by atoms with van der Waals surface area (Å²) in [5, 5.41) is 7.68. The van der Waals surface area contributed by atoms with Gasteiger partial charge in [-0.25, -0.2) is 0 Å². The Bertz CT molecular complexity index is 376. The number of nitrogens with zero attached hydrogens (tertiary/aromatic N) is 1. The number of likely N-dealkylation sites (N-methyl/N-ethyl adjacent to an activating group) is 1. The summed E-state index contributed by atoms with van der Waals surface area (Å²) in [7, 11) is 4.01. The van der Waals surface area contributed by atoms with Crippen molar-refractivity contribution in [3.63, 3.8) is 0 Å². The van der Waals surface area contributed by atoms with E-state index in [1.165, 1.54) is 0 Å². The van der Waals surface area contributed by atoms with Crippen LogP contribution >= 0.6 is 35.4 Å². The van der Waals surface area contributed by atoms with Gasteiger partial charge in [0.2, 0.25) is 0 Å². The first-order valence-electron chi connectivity index (χ1n) is 5.14. The Hall–Kier alpha value is -0.550. The van der Waals surface area contributed by atoms with Crippen LogP contribution < -0.4 is 10.6 Å². The molecule has 0 radical (unpaired) electrons. The second-order valence-electron chi connectivity index (χ2n) is 3.78. The lowest BCUT2D eigenvalue weighted by Gasteiger charge is -2.14. The number of rotatable bonds is 4. The van der Waals surface area contributed by atoms with E-state index in [1.807, 2.05) is 14.1 Å². The van der Waals surface area contributed by atoms with Gasteiger partial charge in [0.15, 0.2) is 5.11 Å². The molecule has 0 amide bonds. The van der Waals surface area contributed by atoms with E-state index in [0.29, 0.717) is 20.8 Å². The van der Waals surface area contributed by atoms with Crippen molar-refractivity contribution >= 4 is 46.2 Å². The van der Waals surface area contributed by atoms with Crippen LogP contribution in [-0.2, 0) is 0 Å². The van der Waals surface area contributed by atoms with Crippen molar-refractivity contribution < 1.29 is 0 Å². The zero-order valence-corrected chi connectivity index (χ0v) is 12.1. The maximum Gasteiger partial charge on any atom is 0.170 e. The van der Waals surface area contributed by atoms with Crippen molar-refractivity contribution in [2.75, 3.05) is 32.5 Å². The molecular formula is C11H15Cl2N3S. The van der Waals surface area contributed by atoms with E-state index >= 15 is 0 Å². The fourth-order valence-corrected chi connectivity index (χ4v) is 1.86. The van der Waals surface area contributed by atoms with Gasteiger partial charge in [0.05, 0.1) is 15.7 Å². The summed E-state index contributed by atoms with van der Waals surface area (Å²) in [6.45, 7) is 1.67. The largest absolute Gasteiger partial charge is 0.361 e. The molecule has 94 valence electrons. The standard InChI is InChI=1S/C11H15Cl2N3S/c1-16(2)7-6-14-11(17)15-10-8(12)4-3-5-9(10)13/h3-5H,6-7H2,1-2H3,(H2,14,15,17). The molecule has 0 atom stereocenters. The van der Waals surface area contributed by atoms with Gasteiger partial charge in [0, 0.05) is 13.1 Å². The lowest BCUT2D eigenvalue weighted by Crippen LogP contribution is -2.34. The van der Waals surface area contributed by atoms with Gasteiger partial charge in [-0.3, -0.25) is 0 Å². The molecule has 0 bridgehead atoms. The average Bonchev–Trinajstić information content (AvgIpc) is 2.23. The van der Waals surface area contributed by atoms with E-state index in [9.17, 15) is 0 Å². The van der Waals surface area contributed by atoms with Gasteiger partial charge in [0.25, 0.3) is 0 Å². The van der Waals surface area contributed by atoms with Crippen LogP contribution in [0.3, 0.4) is 0 Å². The van der Waals surface area contributed by atoms with E-state index in [1.54, 1.807) is 18.2 Å². The molecule has 17 heavy (non-hydrogen) atoms. The molecule has 0 aliphatic heterocycles. The van der Waals surface area contributed by atoms with E-state index < -0.39 is 0 Å². The number of halogens is 2. The maximum absolute atomic E-state index is 6.02. The Morgan fingerprint density at radius 1 is 1.29 bits per heavy atom. The quantitative estimate of drug-likeness (QED) is 0.835. The summed E-state index contributed by atoms with van der Waals surface area (Å²) in [6, 6.07) is 5.31. The zero-order valence-electron chi connectivity index (χ0n) is 9.76. The van der Waals surface area contributed by atoms with Crippen molar-refractivity contribution in [3.05, 3.63) is 28.2 Å². The fraction of sp³-hybridized carbons (Fsp3) is 0.364. The number of nitrogens with one attached hydrogen (secondary N) is 2. The first-order valence-corrected chi connectivity index (χ1v) is 6.30. The highest BCUT2D eigenvalue weighted by Gasteiger charge is 2.06. The van der Waals surface area contributed by atoms with Crippen molar-refractivity contribution in [2.24, 2.45) is 0 Å². The Kier molecular flexibility index (Phi) is 5.98. The van der Waals surface area contributed by atoms with E-state index in [4.69, 9.17) is 35.4 Å². The van der Waals surface area contributed by atoms with Gasteiger partial charge < -0.3 is 15.5 Å². The summed E-state index contributed by atoms with van der Waals surface area (Å²) in [6.07, 6.45) is 0. The van der Waals surface area contributed by atoms with Gasteiger partial charge in [0.1, 0.15) is 0 Å². The molecule has 1 aromatic carbocycles. The van der Waals surface area contributed by atoms with Gasteiger partial charge in [-0.15, -0.1) is 0 Å². The van der Waals surface area contributed by atoms with Crippen molar-refractivity contribution in [1.82, 2.24) is 10.2 Å². The minimum atomic E-state index is 0.516. The summed E-state index contributed by atoms with van der Waals surface area (Å²) in [4.78, 5) is 2.07. The van der Waals surface area contributed by atoms with Crippen LogP contribution in [0, 0.1) is 0 Å². The molecule has 0 aliphatic carbocycles. The number of anilines is 1. The third-order valence-corrected chi connectivity index (χ3v) is 2.92. The number of hydrogen-bond donors (Lipinski definition) is 2. The van der Waals surface area contributed by atoms with Gasteiger partial charge in [-0.1, -0.05) is 29.3 Å². The van der Waals surface area contributed by atoms with E-state index in [0.717, 1.165) is 13.1 Å². The molecule has 0 aliphatic rings. The fourth-order valence-electron chi connectivity index (χ4n) is 1.17. The normalized spacial score (nSPS) is 10.4. The molecule has 0 unspecified atom stereocenters. The molecule has 2 N–H and O–H groups in total. The summed E-state index contributed by atoms with van der Waals surface area (Å²) < 4.78 is 0. The third kappa shape index (κ3) is 5.08. The minimum absolute atomic E-state index is 0.516. The minimum Gasteiger partial charge on any atom is -0.361 e. The predicted molar refractivity (Wildman–Crippen MR) is 79.2 cm³/mol. The number of benzene rings is 1. The van der Waals surface area contributed by atoms with Crippen molar-refractivity contribution in [3.8, 4) is 0 Å². The molecule has 3 nitrogen and oxygen atoms in total. The molecule has 1 aromatic rings. The highest BCUT2D eigenvalue weighted by atomic mass is 35.5. The van der Waals surface area contributed by atoms with Crippen molar-refractivity contribution in [2.45, 2.75) is 0 Å². The van der Waals surface area contributed by atoms with Gasteiger partial charge in [-0.2, -0.15) is 0 Å². The highest BCUT2D eigenvalue weighted by molar-refractivity contribution is 7.80. The smallest absolute Gasteiger partial charge is 0.170 e. The second-order valence-corrected chi connectivity index (χ2v) is 5.00. The van der Waals surface area contributed by atoms with Crippen LogP contribution in [-0.4, -0.2) is 37.2 Å². The molecule has 6 heteroatoms. The van der Waals surface area contributed by atoms with Gasteiger partial charge in [-0.05, 0) is 38.4 Å². The first kappa shape index (κ1) is 14.5. The second kappa shape index (κ2) is 7.01. The topological polar surface area (TPSA) is 27.3 Å². The number of hydrogen-bond acceptors (Lipinski definition) is 2. The monoisotopic (exact) mass is 291 g/mol. The van der Waals surface area contributed by atoms with E-state index in [2.05, 4.69) is 15.5 Å². The van der Waals surface area contributed by atoms with Crippen LogP contribution in [0.15, 0.2) is 18.2 Å². The maximum atomic E-state index is 6.02. The highest BCUT2D eigenvalue weighted by Crippen LogP contribution is 2.29. The summed E-state index contributed by atoms with van der Waals surface area (Å²) in [5.74, 6) is 0. The third-order valence-electron chi connectivity index (χ3n) is 2.05. The lowest BCUT2D eigenvalue weighted by atomic mass is 10.3. The molecule has 0 heterocycles. The van der Waals surface area contributed by atoms with Crippen molar-refractivity contribution in [1.29, 1.82) is 0 Å². The molecule has 0 fully saturated rings. The van der Waals surface area contributed by atoms with Crippen LogP contribution in [0.1, 0.15) is 0 Å². The van der Waals surface area contributed by atoms with Crippen LogP contribution in [0.25, 0.3) is 0 Å². The average molecular weight is 292 g/mol. The van der Waals surface area contributed by atoms with Crippen LogP contribution in [0.2, 0.25) is 10.0 Å². The number of para-hydroxylation sites is 1. The van der Waals surface area contributed by atoms with Gasteiger partial charge >= 0.3 is 0 Å². The Labute approximate surface area is 117 Å².